The molecule has 0 amide bonds. The van der Waals surface area contributed by atoms with E-state index in [-0.39, 0.29) is 12.1 Å². The van der Waals surface area contributed by atoms with E-state index in [4.69, 9.17) is 4.74 Å². The van der Waals surface area contributed by atoms with Gasteiger partial charge in [-0.05, 0) is 45.4 Å². The maximum absolute atomic E-state index is 10.2. The van der Waals surface area contributed by atoms with E-state index in [0.29, 0.717) is 6.54 Å². The third-order valence-electron chi connectivity index (χ3n) is 2.80. The van der Waals surface area contributed by atoms with Gasteiger partial charge in [-0.3, -0.25) is 0 Å². The van der Waals surface area contributed by atoms with Gasteiger partial charge in [-0.25, -0.2) is 0 Å². The van der Waals surface area contributed by atoms with E-state index in [1.54, 1.807) is 6.92 Å². The molecule has 4 nitrogen and oxygen atoms in total. The zero-order valence-electron chi connectivity index (χ0n) is 12.1. The zero-order chi connectivity index (χ0) is 14.4. The minimum absolute atomic E-state index is 0.119. The number of ether oxygens (including phenoxy) is 1. The molecule has 0 radical (unpaired) electrons. The average molecular weight is 267 g/mol. The summed E-state index contributed by atoms with van der Waals surface area (Å²) in [6.07, 6.45) is -0.884. The van der Waals surface area contributed by atoms with Crippen molar-refractivity contribution in [2.45, 2.75) is 52.0 Å². The summed E-state index contributed by atoms with van der Waals surface area (Å²) in [5, 5.41) is 22.5. The highest BCUT2D eigenvalue weighted by atomic mass is 16.5. The number of aliphatic hydroxyl groups is 2. The van der Waals surface area contributed by atoms with E-state index in [2.05, 4.69) is 5.32 Å². The maximum Gasteiger partial charge on any atom is 0.119 e. The highest BCUT2D eigenvalue weighted by molar-refractivity contribution is 5.29. The molecule has 0 fully saturated rings. The fraction of sp³-hybridized carbons (Fsp3) is 0.600. The molecule has 1 aromatic carbocycles. The molecule has 0 bridgehead atoms. The molecule has 0 spiro atoms. The van der Waals surface area contributed by atoms with Gasteiger partial charge in [0.05, 0.1) is 18.3 Å². The molecule has 108 valence electrons. The summed E-state index contributed by atoms with van der Waals surface area (Å²) in [4.78, 5) is 0. The molecule has 4 heteroatoms. The Kier molecular flexibility index (Phi) is 6.28. The van der Waals surface area contributed by atoms with E-state index in [1.165, 1.54) is 0 Å². The third kappa shape index (κ3) is 5.59. The molecule has 19 heavy (non-hydrogen) atoms. The minimum Gasteiger partial charge on any atom is -0.491 e. The van der Waals surface area contributed by atoms with Gasteiger partial charge in [0.2, 0.25) is 0 Å². The van der Waals surface area contributed by atoms with Gasteiger partial charge in [-0.1, -0.05) is 12.1 Å². The van der Waals surface area contributed by atoms with Crippen molar-refractivity contribution in [1.82, 2.24) is 5.32 Å². The Balaban J connectivity index is 2.59. The van der Waals surface area contributed by atoms with Crippen molar-refractivity contribution in [3.8, 4) is 5.75 Å². The maximum atomic E-state index is 10.2. The van der Waals surface area contributed by atoms with E-state index >= 15 is 0 Å². The number of aliphatic hydroxyl groups excluding tert-OH is 2. The van der Waals surface area contributed by atoms with E-state index < -0.39 is 12.2 Å². The van der Waals surface area contributed by atoms with Crippen molar-refractivity contribution in [2.24, 2.45) is 0 Å². The van der Waals surface area contributed by atoms with Gasteiger partial charge in [0.15, 0.2) is 0 Å². The highest BCUT2D eigenvalue weighted by Crippen LogP contribution is 2.21. The standard InChI is InChI=1S/C15H25NO3/c1-10(2)19-14-7-5-13(6-8-14)15(18)12(4)16-9-11(3)17/h5-8,10-12,15-18H,9H2,1-4H3. The Morgan fingerprint density at radius 2 is 1.63 bits per heavy atom. The van der Waals surface area contributed by atoms with E-state index in [1.807, 2.05) is 45.0 Å². The first-order chi connectivity index (χ1) is 8.90. The SMILES string of the molecule is CC(O)CNC(C)C(O)c1ccc(OC(C)C)cc1. The van der Waals surface area contributed by atoms with Crippen LogP contribution in [0, 0.1) is 0 Å². The van der Waals surface area contributed by atoms with Crippen LogP contribution in [0.4, 0.5) is 0 Å². The topological polar surface area (TPSA) is 61.7 Å². The van der Waals surface area contributed by atoms with E-state index in [0.717, 1.165) is 11.3 Å². The van der Waals surface area contributed by atoms with Crippen LogP contribution in [-0.4, -0.2) is 35.0 Å². The summed E-state index contributed by atoms with van der Waals surface area (Å²) in [7, 11) is 0. The lowest BCUT2D eigenvalue weighted by Gasteiger charge is -2.21. The summed E-state index contributed by atoms with van der Waals surface area (Å²) in [6.45, 7) is 8.03. The van der Waals surface area contributed by atoms with Crippen LogP contribution in [-0.2, 0) is 0 Å². The Bertz CT molecular complexity index is 362. The summed E-state index contributed by atoms with van der Waals surface area (Å²) < 4.78 is 5.56. The average Bonchev–Trinajstić information content (AvgIpc) is 2.35. The number of benzene rings is 1. The van der Waals surface area contributed by atoms with Crippen LogP contribution in [0.5, 0.6) is 5.75 Å². The van der Waals surface area contributed by atoms with Gasteiger partial charge in [0.25, 0.3) is 0 Å². The van der Waals surface area contributed by atoms with Crippen LogP contribution in [0.3, 0.4) is 0 Å². The molecule has 0 saturated heterocycles. The first-order valence-corrected chi connectivity index (χ1v) is 6.76. The molecule has 0 saturated carbocycles. The predicted octanol–water partition coefficient (Wildman–Crippen LogP) is 1.87. The molecule has 3 N–H and O–H groups in total. The number of rotatable bonds is 7. The van der Waals surface area contributed by atoms with Crippen LogP contribution < -0.4 is 10.1 Å². The second kappa shape index (κ2) is 7.48. The first-order valence-electron chi connectivity index (χ1n) is 6.76. The van der Waals surface area contributed by atoms with Crippen molar-refractivity contribution >= 4 is 0 Å². The second-order valence-electron chi connectivity index (χ2n) is 5.23. The minimum atomic E-state index is -0.605. The zero-order valence-corrected chi connectivity index (χ0v) is 12.1. The van der Waals surface area contributed by atoms with Gasteiger partial charge >= 0.3 is 0 Å². The molecule has 0 aliphatic carbocycles. The Morgan fingerprint density at radius 1 is 1.05 bits per heavy atom. The smallest absolute Gasteiger partial charge is 0.119 e. The molecule has 3 unspecified atom stereocenters. The molecule has 0 heterocycles. The second-order valence-corrected chi connectivity index (χ2v) is 5.23. The largest absolute Gasteiger partial charge is 0.491 e. The molecule has 1 aromatic rings. The normalized spacial score (nSPS) is 16.2. The van der Waals surface area contributed by atoms with Crippen LogP contribution in [0.15, 0.2) is 24.3 Å². The van der Waals surface area contributed by atoms with Gasteiger partial charge in [-0.2, -0.15) is 0 Å². The lowest BCUT2D eigenvalue weighted by Crippen LogP contribution is -2.36. The first kappa shape index (κ1) is 16.0. The van der Waals surface area contributed by atoms with Gasteiger partial charge in [0.1, 0.15) is 5.75 Å². The van der Waals surface area contributed by atoms with Crippen LogP contribution in [0.25, 0.3) is 0 Å². The summed E-state index contributed by atoms with van der Waals surface area (Å²) in [5.41, 5.74) is 0.835. The van der Waals surface area contributed by atoms with Crippen LogP contribution in [0.2, 0.25) is 0 Å². The number of hydrogen-bond donors (Lipinski definition) is 3. The van der Waals surface area contributed by atoms with Crippen LogP contribution >= 0.6 is 0 Å². The fourth-order valence-electron chi connectivity index (χ4n) is 1.77. The molecular formula is C15H25NO3. The monoisotopic (exact) mass is 267 g/mol. The Labute approximate surface area is 115 Å². The lowest BCUT2D eigenvalue weighted by molar-refractivity contribution is 0.121. The van der Waals surface area contributed by atoms with Crippen molar-refractivity contribution in [1.29, 1.82) is 0 Å². The summed E-state index contributed by atoms with van der Waals surface area (Å²) in [6, 6.07) is 7.33. The quantitative estimate of drug-likeness (QED) is 0.706. The molecule has 0 aliphatic rings. The van der Waals surface area contributed by atoms with Gasteiger partial charge in [0, 0.05) is 12.6 Å². The molecule has 3 atom stereocenters. The highest BCUT2D eigenvalue weighted by Gasteiger charge is 2.16. The van der Waals surface area contributed by atoms with Gasteiger partial charge < -0.3 is 20.3 Å². The van der Waals surface area contributed by atoms with Crippen molar-refractivity contribution in [3.63, 3.8) is 0 Å². The van der Waals surface area contributed by atoms with Crippen molar-refractivity contribution < 1.29 is 14.9 Å². The lowest BCUT2D eigenvalue weighted by atomic mass is 10.0. The van der Waals surface area contributed by atoms with Gasteiger partial charge in [-0.15, -0.1) is 0 Å². The third-order valence-corrected chi connectivity index (χ3v) is 2.80. The number of nitrogens with one attached hydrogen (secondary N) is 1. The molecule has 0 aromatic heterocycles. The molecule has 0 aliphatic heterocycles. The van der Waals surface area contributed by atoms with Crippen LogP contribution in [0.1, 0.15) is 39.4 Å². The van der Waals surface area contributed by atoms with E-state index in [9.17, 15) is 10.2 Å². The summed E-state index contributed by atoms with van der Waals surface area (Å²) >= 11 is 0. The Hall–Kier alpha value is -1.10. The summed E-state index contributed by atoms with van der Waals surface area (Å²) in [5.74, 6) is 0.801. The fourth-order valence-corrected chi connectivity index (χ4v) is 1.77. The van der Waals surface area contributed by atoms with Crippen molar-refractivity contribution in [2.75, 3.05) is 6.54 Å². The predicted molar refractivity (Wildman–Crippen MR) is 76.3 cm³/mol. The number of hydrogen-bond acceptors (Lipinski definition) is 4. The molecular weight excluding hydrogens is 242 g/mol. The molecule has 1 rings (SSSR count). The Morgan fingerprint density at radius 3 is 2.11 bits per heavy atom. The van der Waals surface area contributed by atoms with Crippen molar-refractivity contribution in [3.05, 3.63) is 29.8 Å².